The van der Waals surface area contributed by atoms with E-state index in [-0.39, 0.29) is 16.3 Å². The van der Waals surface area contributed by atoms with Crippen LogP contribution >= 0.6 is 0 Å². The Kier molecular flexibility index (Phi) is 4.46. The smallest absolute Gasteiger partial charge is 0.268 e. The maximum Gasteiger partial charge on any atom is 0.268 e. The van der Waals surface area contributed by atoms with Crippen molar-refractivity contribution in [1.82, 2.24) is 10.2 Å². The molecule has 1 aromatic carbocycles. The van der Waals surface area contributed by atoms with Gasteiger partial charge in [-0.3, -0.25) is 9.40 Å². The number of aromatic nitrogens is 2. The van der Waals surface area contributed by atoms with Crippen LogP contribution in [-0.4, -0.2) is 30.6 Å². The molecular weight excluding hydrogens is 318 g/mol. The molecule has 2 rings (SSSR count). The summed E-state index contributed by atoms with van der Waals surface area (Å²) in [6.45, 7) is 6.25. The van der Waals surface area contributed by atoms with E-state index in [2.05, 4.69) is 10.2 Å². The first-order valence-corrected chi connectivity index (χ1v) is 8.43. The number of nitrogens with zero attached hydrogens (tertiary/aromatic N) is 2. The molecule has 0 aliphatic carbocycles. The highest BCUT2D eigenvalue weighted by Gasteiger charge is 2.33. The number of aryl methyl sites for hydroxylation is 3. The highest BCUT2D eigenvalue weighted by molar-refractivity contribution is 7.93. The molecule has 7 nitrogen and oxygen atoms in total. The Morgan fingerprint density at radius 2 is 1.78 bits per heavy atom. The summed E-state index contributed by atoms with van der Waals surface area (Å²) in [5, 5.41) is 17.8. The molecule has 0 fully saturated rings. The zero-order chi connectivity index (χ0) is 17.4. The molecule has 1 heterocycles. The van der Waals surface area contributed by atoms with Gasteiger partial charge in [-0.15, -0.1) is 0 Å². The number of H-pyrrole nitrogens is 1. The molecule has 2 aromatic rings. The quantitative estimate of drug-likeness (QED) is 0.863. The normalized spacial score (nSPS) is 12.9. The van der Waals surface area contributed by atoms with Gasteiger partial charge in [-0.2, -0.15) is 5.10 Å². The Balaban J connectivity index is 2.67. The third kappa shape index (κ3) is 3.07. The third-order valence-corrected chi connectivity index (χ3v) is 5.72. The minimum Gasteiger partial charge on any atom is -0.548 e. The first-order chi connectivity index (χ1) is 10.7. The van der Waals surface area contributed by atoms with Crippen molar-refractivity contribution in [2.75, 3.05) is 4.31 Å². The van der Waals surface area contributed by atoms with Gasteiger partial charge in [-0.1, -0.05) is 17.7 Å². The van der Waals surface area contributed by atoms with Crippen LogP contribution in [0.2, 0.25) is 0 Å². The molecule has 0 aliphatic rings. The number of sulfonamides is 1. The van der Waals surface area contributed by atoms with Crippen LogP contribution in [0, 0.1) is 20.8 Å². The fraction of sp³-hybridized carbons (Fsp3) is 0.333. The minimum atomic E-state index is -4.11. The van der Waals surface area contributed by atoms with Crippen LogP contribution in [0.25, 0.3) is 0 Å². The van der Waals surface area contributed by atoms with Crippen molar-refractivity contribution in [2.45, 2.75) is 38.6 Å². The fourth-order valence-electron chi connectivity index (χ4n) is 2.38. The average molecular weight is 336 g/mol. The van der Waals surface area contributed by atoms with Crippen molar-refractivity contribution in [1.29, 1.82) is 0 Å². The molecule has 0 aliphatic heterocycles. The molecule has 1 atom stereocenters. The number of nitrogens with one attached hydrogen (secondary N) is 1. The molecule has 23 heavy (non-hydrogen) atoms. The Labute approximate surface area is 135 Å². The number of carboxylic acids is 1. The van der Waals surface area contributed by atoms with Crippen LogP contribution in [0.5, 0.6) is 0 Å². The molecule has 124 valence electrons. The molecule has 8 heteroatoms. The van der Waals surface area contributed by atoms with Crippen molar-refractivity contribution in [3.8, 4) is 0 Å². The Morgan fingerprint density at radius 1 is 1.22 bits per heavy atom. The molecule has 0 radical (unpaired) electrons. The SMILES string of the molecule is Cc1ccc(N(C(C)C(=O)[O-])S(=O)(=O)c2c(C)n[nH]c2C)cc1. The second-order valence-electron chi connectivity index (χ2n) is 5.39. The second kappa shape index (κ2) is 6.04. The fourth-order valence-corrected chi connectivity index (χ4v) is 4.33. The highest BCUT2D eigenvalue weighted by Crippen LogP contribution is 2.29. The predicted octanol–water partition coefficient (Wildman–Crippen LogP) is 0.669. The monoisotopic (exact) mass is 336 g/mol. The highest BCUT2D eigenvalue weighted by atomic mass is 32.2. The van der Waals surface area contributed by atoms with Gasteiger partial charge in [-0.05, 0) is 39.8 Å². The van der Waals surface area contributed by atoms with Crippen molar-refractivity contribution < 1.29 is 18.3 Å². The zero-order valence-electron chi connectivity index (χ0n) is 13.3. The summed E-state index contributed by atoms with van der Waals surface area (Å²) >= 11 is 0. The van der Waals surface area contributed by atoms with E-state index in [1.54, 1.807) is 38.1 Å². The summed E-state index contributed by atoms with van der Waals surface area (Å²) < 4.78 is 26.9. The Hall–Kier alpha value is -2.35. The third-order valence-electron chi connectivity index (χ3n) is 3.56. The van der Waals surface area contributed by atoms with Crippen molar-refractivity contribution >= 4 is 21.7 Å². The summed E-state index contributed by atoms with van der Waals surface area (Å²) in [5.41, 5.74) is 1.82. The zero-order valence-corrected chi connectivity index (χ0v) is 14.1. The number of carboxylic acid groups (broad SMARTS) is 1. The van der Waals surface area contributed by atoms with E-state index in [0.29, 0.717) is 5.69 Å². The first-order valence-electron chi connectivity index (χ1n) is 6.99. The number of carbonyl (C=O) groups is 1. The van der Waals surface area contributed by atoms with Gasteiger partial charge in [-0.25, -0.2) is 8.42 Å². The molecule has 1 aromatic heterocycles. The maximum atomic E-state index is 13.0. The van der Waals surface area contributed by atoms with Gasteiger partial charge in [0.1, 0.15) is 4.90 Å². The number of hydrogen-bond donors (Lipinski definition) is 1. The summed E-state index contributed by atoms with van der Waals surface area (Å²) in [6.07, 6.45) is 0. The van der Waals surface area contributed by atoms with E-state index in [4.69, 9.17) is 0 Å². The Bertz CT molecular complexity index is 805. The van der Waals surface area contributed by atoms with Gasteiger partial charge in [0.2, 0.25) is 0 Å². The number of hydrogen-bond acceptors (Lipinski definition) is 5. The summed E-state index contributed by atoms with van der Waals surface area (Å²) in [4.78, 5) is 11.3. The molecular formula is C15H18N3O4S-. The topological polar surface area (TPSA) is 106 Å². The van der Waals surface area contributed by atoms with Crippen molar-refractivity contribution in [3.05, 3.63) is 41.2 Å². The minimum absolute atomic E-state index is 0.0221. The number of rotatable bonds is 5. The number of benzene rings is 1. The van der Waals surface area contributed by atoms with Crippen LogP contribution < -0.4 is 9.41 Å². The molecule has 0 saturated heterocycles. The van der Waals surface area contributed by atoms with Crippen LogP contribution in [0.15, 0.2) is 29.2 Å². The van der Waals surface area contributed by atoms with E-state index in [9.17, 15) is 18.3 Å². The summed E-state index contributed by atoms with van der Waals surface area (Å²) in [7, 11) is -4.11. The maximum absolute atomic E-state index is 13.0. The largest absolute Gasteiger partial charge is 0.548 e. The summed E-state index contributed by atoms with van der Waals surface area (Å²) in [5.74, 6) is -1.48. The van der Waals surface area contributed by atoms with E-state index in [0.717, 1.165) is 9.87 Å². The lowest BCUT2D eigenvalue weighted by atomic mass is 10.2. The first kappa shape index (κ1) is 17.0. The van der Waals surface area contributed by atoms with Crippen LogP contribution in [0.4, 0.5) is 5.69 Å². The Morgan fingerprint density at radius 3 is 2.22 bits per heavy atom. The molecule has 1 N–H and O–H groups in total. The van der Waals surface area contributed by atoms with Gasteiger partial charge in [0.05, 0.1) is 29.1 Å². The molecule has 0 amide bonds. The van der Waals surface area contributed by atoms with E-state index in [1.807, 2.05) is 6.92 Å². The van der Waals surface area contributed by atoms with Gasteiger partial charge in [0.25, 0.3) is 10.0 Å². The molecule has 0 bridgehead atoms. The number of carbonyl (C=O) groups excluding carboxylic acids is 1. The summed E-state index contributed by atoms with van der Waals surface area (Å²) in [6, 6.07) is 5.20. The van der Waals surface area contributed by atoms with E-state index < -0.39 is 22.0 Å². The van der Waals surface area contributed by atoms with Gasteiger partial charge >= 0.3 is 0 Å². The number of aromatic amines is 1. The van der Waals surface area contributed by atoms with Gasteiger partial charge in [0.15, 0.2) is 0 Å². The van der Waals surface area contributed by atoms with Crippen molar-refractivity contribution in [3.63, 3.8) is 0 Å². The molecule has 0 saturated carbocycles. The number of aliphatic carboxylic acids is 1. The van der Waals surface area contributed by atoms with E-state index in [1.165, 1.54) is 6.92 Å². The van der Waals surface area contributed by atoms with Crippen LogP contribution in [-0.2, 0) is 14.8 Å². The molecule has 1 unspecified atom stereocenters. The van der Waals surface area contributed by atoms with Crippen molar-refractivity contribution in [2.24, 2.45) is 0 Å². The lowest BCUT2D eigenvalue weighted by Crippen LogP contribution is -2.49. The van der Waals surface area contributed by atoms with Crippen LogP contribution in [0.1, 0.15) is 23.9 Å². The second-order valence-corrected chi connectivity index (χ2v) is 7.15. The van der Waals surface area contributed by atoms with E-state index >= 15 is 0 Å². The lowest BCUT2D eigenvalue weighted by Gasteiger charge is -2.31. The van der Waals surface area contributed by atoms with Crippen LogP contribution in [0.3, 0.4) is 0 Å². The predicted molar refractivity (Wildman–Crippen MR) is 83.4 cm³/mol. The average Bonchev–Trinajstić information content (AvgIpc) is 2.80. The van der Waals surface area contributed by atoms with Gasteiger partial charge < -0.3 is 9.90 Å². The number of anilines is 1. The lowest BCUT2D eigenvalue weighted by molar-refractivity contribution is -0.306. The van der Waals surface area contributed by atoms with Gasteiger partial charge in [0, 0.05) is 0 Å². The molecule has 0 spiro atoms. The standard InChI is InChI=1S/C15H19N3O4S/c1-9-5-7-13(8-6-9)18(12(4)15(19)20)23(21,22)14-10(2)16-17-11(14)3/h5-8,12H,1-4H3,(H,16,17)(H,19,20)/p-1.